The van der Waals surface area contributed by atoms with Gasteiger partial charge in [-0.05, 0) is 95.4 Å². The zero-order chi connectivity index (χ0) is 27.6. The van der Waals surface area contributed by atoms with Gasteiger partial charge in [0, 0.05) is 15.6 Å². The minimum absolute atomic E-state index is 0.0178. The molecule has 0 aromatic heterocycles. The second kappa shape index (κ2) is 13.5. The Morgan fingerprint density at radius 1 is 0.846 bits per heavy atom. The Morgan fingerprint density at radius 3 is 2.00 bits per heavy atom. The second-order valence-electron chi connectivity index (χ2n) is 8.73. The van der Waals surface area contributed by atoms with Crippen LogP contribution >= 0.6 is 15.9 Å². The molecule has 0 spiro atoms. The van der Waals surface area contributed by atoms with Crippen LogP contribution in [-0.4, -0.2) is 29.4 Å². The molecule has 0 saturated heterocycles. The molecule has 0 aliphatic heterocycles. The third-order valence-electron chi connectivity index (χ3n) is 5.87. The van der Waals surface area contributed by atoms with E-state index in [0.29, 0.717) is 18.1 Å². The molecule has 0 aliphatic carbocycles. The van der Waals surface area contributed by atoms with Crippen molar-refractivity contribution in [3.8, 4) is 23.3 Å². The maximum atomic E-state index is 10.8. The van der Waals surface area contributed by atoms with E-state index < -0.39 is 5.97 Å². The third kappa shape index (κ3) is 8.08. The van der Waals surface area contributed by atoms with E-state index in [0.717, 1.165) is 43.4 Å². The third-order valence-corrected chi connectivity index (χ3v) is 6.40. The summed E-state index contributed by atoms with van der Waals surface area (Å²) in [7, 11) is 0. The molecule has 0 saturated carbocycles. The Balaban J connectivity index is 1.51. The van der Waals surface area contributed by atoms with Gasteiger partial charge < -0.3 is 19.7 Å². The van der Waals surface area contributed by atoms with Crippen LogP contribution in [-0.2, 0) is 11.4 Å². The Morgan fingerprint density at radius 2 is 1.44 bits per heavy atom. The van der Waals surface area contributed by atoms with Crippen molar-refractivity contribution in [1.29, 1.82) is 0 Å². The van der Waals surface area contributed by atoms with E-state index in [1.165, 1.54) is 0 Å². The largest absolute Gasteiger partial charge is 0.489 e. The van der Waals surface area contributed by atoms with Gasteiger partial charge in [0.2, 0.25) is 0 Å². The van der Waals surface area contributed by atoms with Crippen molar-refractivity contribution < 1.29 is 24.5 Å². The first-order chi connectivity index (χ1) is 18.9. The number of hydrogen-bond acceptors (Lipinski definition) is 4. The molecule has 5 nitrogen and oxygen atoms in total. The van der Waals surface area contributed by atoms with E-state index in [2.05, 4.69) is 39.9 Å². The van der Waals surface area contributed by atoms with Gasteiger partial charge in [0.15, 0.2) is 6.61 Å². The van der Waals surface area contributed by atoms with Crippen molar-refractivity contribution in [2.24, 2.45) is 0 Å². The van der Waals surface area contributed by atoms with Crippen molar-refractivity contribution in [3.63, 3.8) is 0 Å². The second-order valence-corrected chi connectivity index (χ2v) is 9.64. The highest BCUT2D eigenvalue weighted by Gasteiger charge is 2.08. The topological polar surface area (TPSA) is 76.0 Å². The number of aliphatic hydroxyl groups is 1. The highest BCUT2D eigenvalue weighted by molar-refractivity contribution is 9.10. The van der Waals surface area contributed by atoms with Gasteiger partial charge in [-0.2, -0.15) is 0 Å². The number of halogens is 1. The van der Waals surface area contributed by atoms with Crippen LogP contribution in [0.1, 0.15) is 33.4 Å². The summed E-state index contributed by atoms with van der Waals surface area (Å²) in [4.78, 5) is 10.8. The van der Waals surface area contributed by atoms with Gasteiger partial charge in [0.1, 0.15) is 18.1 Å². The lowest BCUT2D eigenvalue weighted by Crippen LogP contribution is -2.10. The number of carboxylic acid groups (broad SMARTS) is 1. The van der Waals surface area contributed by atoms with Gasteiger partial charge in [-0.25, -0.2) is 4.79 Å². The van der Waals surface area contributed by atoms with Crippen molar-refractivity contribution in [3.05, 3.63) is 135 Å². The molecule has 196 valence electrons. The first kappa shape index (κ1) is 27.7. The fourth-order valence-electron chi connectivity index (χ4n) is 3.84. The van der Waals surface area contributed by atoms with Gasteiger partial charge in [0.25, 0.3) is 0 Å². The van der Waals surface area contributed by atoms with Crippen LogP contribution in [0.3, 0.4) is 0 Å². The van der Waals surface area contributed by atoms with Crippen LogP contribution in [0.2, 0.25) is 0 Å². The molecule has 39 heavy (non-hydrogen) atoms. The number of carboxylic acids is 1. The lowest BCUT2D eigenvalue weighted by Gasteiger charge is -2.12. The molecule has 0 fully saturated rings. The summed E-state index contributed by atoms with van der Waals surface area (Å²) in [6.45, 7) is 1.82. The average molecular weight is 583 g/mol. The van der Waals surface area contributed by atoms with Crippen LogP contribution in [0, 0.1) is 18.8 Å². The SMILES string of the molecule is Cc1cc(OC/C=C(\c2ccc(Br)cc2)c2ccc(C#Cc3ccc(CO)cc3)cc2)ccc1OCC(=O)O. The van der Waals surface area contributed by atoms with Crippen molar-refractivity contribution in [1.82, 2.24) is 0 Å². The lowest BCUT2D eigenvalue weighted by molar-refractivity contribution is -0.139. The van der Waals surface area contributed by atoms with Gasteiger partial charge in [-0.3, -0.25) is 0 Å². The number of benzene rings is 4. The van der Waals surface area contributed by atoms with E-state index in [1.54, 1.807) is 12.1 Å². The minimum atomic E-state index is -1.02. The molecule has 0 atom stereocenters. The molecular weight excluding hydrogens is 556 g/mol. The molecule has 0 heterocycles. The predicted molar refractivity (Wildman–Crippen MR) is 156 cm³/mol. The van der Waals surface area contributed by atoms with Crippen LogP contribution < -0.4 is 9.47 Å². The number of carbonyl (C=O) groups is 1. The minimum Gasteiger partial charge on any atom is -0.489 e. The fourth-order valence-corrected chi connectivity index (χ4v) is 4.10. The summed E-state index contributed by atoms with van der Waals surface area (Å²) < 4.78 is 12.3. The summed E-state index contributed by atoms with van der Waals surface area (Å²) in [6.07, 6.45) is 2.04. The zero-order valence-electron chi connectivity index (χ0n) is 21.4. The summed E-state index contributed by atoms with van der Waals surface area (Å²) in [5.41, 5.74) is 6.56. The number of ether oxygens (including phenoxy) is 2. The first-order valence-corrected chi connectivity index (χ1v) is 13.1. The first-order valence-electron chi connectivity index (χ1n) is 12.3. The number of aryl methyl sites for hydroxylation is 1. The Labute approximate surface area is 236 Å². The molecule has 6 heteroatoms. The Hall–Kier alpha value is -4.31. The molecular formula is C33H27BrO5. The maximum Gasteiger partial charge on any atom is 0.341 e. The molecule has 0 aliphatic rings. The van der Waals surface area contributed by atoms with Gasteiger partial charge in [-0.15, -0.1) is 0 Å². The van der Waals surface area contributed by atoms with Crippen molar-refractivity contribution in [2.45, 2.75) is 13.5 Å². The smallest absolute Gasteiger partial charge is 0.341 e. The van der Waals surface area contributed by atoms with E-state index in [1.807, 2.05) is 79.7 Å². The molecule has 4 rings (SSSR count). The Kier molecular flexibility index (Phi) is 9.58. The molecule has 0 bridgehead atoms. The van der Waals surface area contributed by atoms with Gasteiger partial charge in [0.05, 0.1) is 6.61 Å². The molecule has 2 N–H and O–H groups in total. The predicted octanol–water partition coefficient (Wildman–Crippen LogP) is 6.62. The molecule has 4 aromatic carbocycles. The van der Waals surface area contributed by atoms with Gasteiger partial charge >= 0.3 is 5.97 Å². The van der Waals surface area contributed by atoms with E-state index in [9.17, 15) is 9.90 Å². The summed E-state index contributed by atoms with van der Waals surface area (Å²) in [5.74, 6) is 6.52. The van der Waals surface area contributed by atoms with E-state index in [-0.39, 0.29) is 13.2 Å². The quantitative estimate of drug-likeness (QED) is 0.217. The van der Waals surface area contributed by atoms with Crippen LogP contribution in [0.5, 0.6) is 11.5 Å². The number of hydrogen-bond donors (Lipinski definition) is 2. The number of aliphatic hydroxyl groups excluding tert-OH is 1. The molecule has 4 aromatic rings. The standard InChI is InChI=1S/C33H27BrO5/c1-23-20-30(16-17-32(23)39-22-33(36)37)38-19-18-31(28-12-14-29(34)15-13-28)27-10-8-25(9-11-27)3-2-24-4-6-26(21-35)7-5-24/h4-18,20,35H,19,21-22H2,1H3,(H,36,37)/b31-18-. The van der Waals surface area contributed by atoms with Crippen LogP contribution in [0.15, 0.2) is 102 Å². The molecule has 0 amide bonds. The number of aliphatic carboxylic acids is 1. The molecule has 0 unspecified atom stereocenters. The highest BCUT2D eigenvalue weighted by atomic mass is 79.9. The zero-order valence-corrected chi connectivity index (χ0v) is 22.9. The number of rotatable bonds is 9. The van der Waals surface area contributed by atoms with Crippen molar-refractivity contribution >= 4 is 27.5 Å². The summed E-state index contributed by atoms with van der Waals surface area (Å²) >= 11 is 3.51. The normalized spacial score (nSPS) is 10.9. The van der Waals surface area contributed by atoms with Crippen molar-refractivity contribution in [2.75, 3.05) is 13.2 Å². The highest BCUT2D eigenvalue weighted by Crippen LogP contribution is 2.27. The van der Waals surface area contributed by atoms with Crippen LogP contribution in [0.25, 0.3) is 5.57 Å². The lowest BCUT2D eigenvalue weighted by atomic mass is 9.97. The fraction of sp³-hybridized carbons (Fsp3) is 0.121. The maximum absolute atomic E-state index is 10.8. The summed E-state index contributed by atoms with van der Waals surface area (Å²) in [5, 5.41) is 18.0. The van der Waals surface area contributed by atoms with Crippen LogP contribution in [0.4, 0.5) is 0 Å². The average Bonchev–Trinajstić information content (AvgIpc) is 2.95. The van der Waals surface area contributed by atoms with Gasteiger partial charge in [-0.1, -0.05) is 64.2 Å². The summed E-state index contributed by atoms with van der Waals surface area (Å²) in [6, 6.07) is 29.1. The molecule has 0 radical (unpaired) electrons. The van der Waals surface area contributed by atoms with E-state index in [4.69, 9.17) is 14.6 Å². The van der Waals surface area contributed by atoms with E-state index >= 15 is 0 Å². The Bertz CT molecular complexity index is 1510. The monoisotopic (exact) mass is 582 g/mol.